The molecule has 5 rings (SSSR count). The van der Waals surface area contributed by atoms with Gasteiger partial charge in [-0.05, 0) is 56.2 Å². The van der Waals surface area contributed by atoms with E-state index in [2.05, 4.69) is 22.3 Å². The molecule has 2 fully saturated rings. The summed E-state index contributed by atoms with van der Waals surface area (Å²) in [5.41, 5.74) is 3.95. The second-order valence-corrected chi connectivity index (χ2v) is 8.73. The number of hydrogen-bond acceptors (Lipinski definition) is 7. The maximum absolute atomic E-state index is 12.4. The summed E-state index contributed by atoms with van der Waals surface area (Å²) in [6.07, 6.45) is 7.13. The Hall–Kier alpha value is -2.67. The number of carbonyl (C=O) groups is 1. The summed E-state index contributed by atoms with van der Waals surface area (Å²) in [6, 6.07) is 8.19. The van der Waals surface area contributed by atoms with Gasteiger partial charge in [0.05, 0.1) is 31.4 Å². The molecule has 3 aliphatic rings. The predicted octanol–water partition coefficient (Wildman–Crippen LogP) is 3.53. The number of hydrogen-bond donors (Lipinski definition) is 1. The highest BCUT2D eigenvalue weighted by molar-refractivity contribution is 5.84. The van der Waals surface area contributed by atoms with Crippen LogP contribution in [0.1, 0.15) is 48.9 Å². The Morgan fingerprint density at radius 1 is 1.06 bits per heavy atom. The van der Waals surface area contributed by atoms with E-state index >= 15 is 0 Å². The molecule has 164 valence electrons. The minimum atomic E-state index is -0.467. The van der Waals surface area contributed by atoms with Crippen LogP contribution in [0.5, 0.6) is 0 Å². The van der Waals surface area contributed by atoms with Gasteiger partial charge in [-0.15, -0.1) is 0 Å². The summed E-state index contributed by atoms with van der Waals surface area (Å²) in [5, 5.41) is 3.54. The average Bonchev–Trinajstić information content (AvgIpc) is 2.80. The van der Waals surface area contributed by atoms with Gasteiger partial charge in [-0.1, -0.05) is 18.6 Å². The van der Waals surface area contributed by atoms with E-state index in [9.17, 15) is 4.79 Å². The maximum Gasteiger partial charge on any atom is 0.316 e. The molecule has 7 nitrogen and oxygen atoms in total. The number of morpholine rings is 1. The zero-order valence-corrected chi connectivity index (χ0v) is 18.2. The molecule has 0 radical (unpaired) electrons. The van der Waals surface area contributed by atoms with Crippen LogP contribution in [0.4, 0.5) is 17.5 Å². The van der Waals surface area contributed by atoms with Crippen LogP contribution in [0, 0.1) is 0 Å². The monoisotopic (exact) mass is 422 g/mol. The van der Waals surface area contributed by atoms with Gasteiger partial charge in [-0.2, -0.15) is 4.98 Å². The van der Waals surface area contributed by atoms with Crippen LogP contribution >= 0.6 is 0 Å². The largest absolute Gasteiger partial charge is 0.468 e. The highest BCUT2D eigenvalue weighted by Crippen LogP contribution is 2.45. The van der Waals surface area contributed by atoms with Crippen LogP contribution in [0.3, 0.4) is 0 Å². The normalized spacial score (nSPS) is 19.8. The first-order valence-corrected chi connectivity index (χ1v) is 11.4. The summed E-state index contributed by atoms with van der Waals surface area (Å²) in [5.74, 6) is 1.58. The smallest absolute Gasteiger partial charge is 0.316 e. The fraction of sp³-hybridized carbons (Fsp3) is 0.542. The molecule has 1 saturated heterocycles. The van der Waals surface area contributed by atoms with Gasteiger partial charge >= 0.3 is 5.97 Å². The predicted molar refractivity (Wildman–Crippen MR) is 119 cm³/mol. The first kappa shape index (κ1) is 20.2. The molecule has 0 spiro atoms. The molecule has 0 amide bonds. The fourth-order valence-electron chi connectivity index (χ4n) is 4.93. The number of rotatable bonds is 5. The zero-order chi connectivity index (χ0) is 21.3. The Labute approximate surface area is 183 Å². The van der Waals surface area contributed by atoms with Gasteiger partial charge in [-0.3, -0.25) is 4.79 Å². The lowest BCUT2D eigenvalue weighted by atomic mass is 9.64. The number of anilines is 3. The van der Waals surface area contributed by atoms with Gasteiger partial charge in [0.1, 0.15) is 5.82 Å². The number of methoxy groups -OCH3 is 1. The molecule has 1 N–H and O–H groups in total. The average molecular weight is 423 g/mol. The van der Waals surface area contributed by atoms with Gasteiger partial charge in [0.2, 0.25) is 5.95 Å². The Morgan fingerprint density at radius 2 is 1.81 bits per heavy atom. The molecular weight excluding hydrogens is 392 g/mol. The van der Waals surface area contributed by atoms with Crippen molar-refractivity contribution in [2.75, 3.05) is 43.6 Å². The van der Waals surface area contributed by atoms with Crippen LogP contribution in [-0.4, -0.2) is 49.4 Å². The minimum Gasteiger partial charge on any atom is -0.468 e. The maximum atomic E-state index is 12.4. The zero-order valence-electron chi connectivity index (χ0n) is 18.2. The molecule has 0 unspecified atom stereocenters. The lowest BCUT2D eigenvalue weighted by Gasteiger charge is -2.39. The summed E-state index contributed by atoms with van der Waals surface area (Å²) in [7, 11) is 1.47. The molecule has 0 atom stereocenters. The van der Waals surface area contributed by atoms with Crippen LogP contribution < -0.4 is 10.2 Å². The quantitative estimate of drug-likeness (QED) is 0.739. The molecule has 31 heavy (non-hydrogen) atoms. The van der Waals surface area contributed by atoms with Gasteiger partial charge in [-0.25, -0.2) is 4.98 Å². The molecule has 0 bridgehead atoms. The lowest BCUT2D eigenvalue weighted by Crippen LogP contribution is -2.43. The molecule has 7 heteroatoms. The number of aryl methyl sites for hydroxylation is 1. The first-order chi connectivity index (χ1) is 15.2. The minimum absolute atomic E-state index is 0.125. The number of carbonyl (C=O) groups excluding carboxylic acids is 1. The third-order valence-electron chi connectivity index (χ3n) is 6.95. The fourth-order valence-corrected chi connectivity index (χ4v) is 4.93. The third-order valence-corrected chi connectivity index (χ3v) is 6.95. The number of nitrogens with one attached hydrogen (secondary N) is 1. The van der Waals surface area contributed by atoms with Crippen molar-refractivity contribution in [3.8, 4) is 0 Å². The molecule has 1 saturated carbocycles. The van der Waals surface area contributed by atoms with Crippen molar-refractivity contribution in [1.82, 2.24) is 9.97 Å². The van der Waals surface area contributed by atoms with Crippen LogP contribution in [0.2, 0.25) is 0 Å². The van der Waals surface area contributed by atoms with Gasteiger partial charge in [0.15, 0.2) is 0 Å². The number of nitrogens with zero attached hydrogens (tertiary/aromatic N) is 3. The summed E-state index contributed by atoms with van der Waals surface area (Å²) in [6.45, 7) is 3.07. The van der Waals surface area contributed by atoms with Crippen LogP contribution in [-0.2, 0) is 32.5 Å². The van der Waals surface area contributed by atoms with E-state index in [1.807, 2.05) is 12.1 Å². The topological polar surface area (TPSA) is 76.6 Å². The van der Waals surface area contributed by atoms with Gasteiger partial charge in [0, 0.05) is 24.3 Å². The molecule has 2 aromatic rings. The van der Waals surface area contributed by atoms with Gasteiger partial charge < -0.3 is 19.7 Å². The number of aromatic nitrogens is 2. The number of fused-ring (bicyclic) bond motifs is 1. The van der Waals surface area contributed by atoms with Crippen molar-refractivity contribution < 1.29 is 14.3 Å². The van der Waals surface area contributed by atoms with Crippen molar-refractivity contribution in [3.63, 3.8) is 0 Å². The van der Waals surface area contributed by atoms with Crippen LogP contribution in [0.15, 0.2) is 24.3 Å². The SMILES string of the molecule is COC(=O)C1(c2ccc(Nc3nc(N4CCOCC4)nc4c3CCCC4)cc2)CCC1. The lowest BCUT2D eigenvalue weighted by molar-refractivity contribution is -0.151. The number of esters is 1. The first-order valence-electron chi connectivity index (χ1n) is 11.4. The van der Waals surface area contributed by atoms with Crippen molar-refractivity contribution in [2.24, 2.45) is 0 Å². The Kier molecular flexibility index (Phi) is 5.52. The van der Waals surface area contributed by atoms with E-state index in [4.69, 9.17) is 19.4 Å². The highest BCUT2D eigenvalue weighted by atomic mass is 16.5. The Morgan fingerprint density at radius 3 is 2.48 bits per heavy atom. The van der Waals surface area contributed by atoms with Crippen molar-refractivity contribution in [1.29, 1.82) is 0 Å². The van der Waals surface area contributed by atoms with Gasteiger partial charge in [0.25, 0.3) is 0 Å². The summed E-state index contributed by atoms with van der Waals surface area (Å²) in [4.78, 5) is 24.4. The Balaban J connectivity index is 1.42. The second kappa shape index (κ2) is 8.46. The molecule has 1 aliphatic heterocycles. The van der Waals surface area contributed by atoms with E-state index in [-0.39, 0.29) is 5.97 Å². The molecule has 1 aromatic carbocycles. The van der Waals surface area contributed by atoms with Crippen molar-refractivity contribution in [2.45, 2.75) is 50.4 Å². The third kappa shape index (κ3) is 3.76. The number of benzene rings is 1. The molecular formula is C24H30N4O3. The van der Waals surface area contributed by atoms with Crippen molar-refractivity contribution >= 4 is 23.4 Å². The van der Waals surface area contributed by atoms with E-state index in [0.717, 1.165) is 68.2 Å². The summed E-state index contributed by atoms with van der Waals surface area (Å²) >= 11 is 0. The van der Waals surface area contributed by atoms with E-state index in [1.54, 1.807) is 0 Å². The number of ether oxygens (including phenoxy) is 2. The summed E-state index contributed by atoms with van der Waals surface area (Å²) < 4.78 is 10.6. The Bertz CT molecular complexity index is 950. The van der Waals surface area contributed by atoms with E-state index in [0.29, 0.717) is 13.2 Å². The molecule has 1 aromatic heterocycles. The van der Waals surface area contributed by atoms with E-state index < -0.39 is 5.41 Å². The van der Waals surface area contributed by atoms with Crippen molar-refractivity contribution in [3.05, 3.63) is 41.1 Å². The second-order valence-electron chi connectivity index (χ2n) is 8.73. The molecule has 2 aliphatic carbocycles. The highest BCUT2D eigenvalue weighted by Gasteiger charge is 2.46. The van der Waals surface area contributed by atoms with Crippen LogP contribution in [0.25, 0.3) is 0 Å². The van der Waals surface area contributed by atoms with E-state index in [1.165, 1.54) is 31.2 Å². The standard InChI is InChI=1S/C24H30N4O3/c1-30-22(29)24(11-4-12-24)17-7-9-18(10-8-17)25-21-19-5-2-3-6-20(19)26-23(27-21)28-13-15-31-16-14-28/h7-10H,2-6,11-16H2,1H3,(H,25,26,27). The molecule has 2 heterocycles.